The first kappa shape index (κ1) is 27.1. The van der Waals surface area contributed by atoms with E-state index >= 15 is 0 Å². The number of aromatic nitrogens is 3. The number of carbonyl (C=O) groups is 1. The van der Waals surface area contributed by atoms with E-state index in [1.165, 1.54) is 12.1 Å². The van der Waals surface area contributed by atoms with Crippen molar-refractivity contribution in [2.75, 3.05) is 33.4 Å². The van der Waals surface area contributed by atoms with Gasteiger partial charge in [0, 0.05) is 52.4 Å². The number of amides is 1. The third-order valence-corrected chi connectivity index (χ3v) is 8.09. The van der Waals surface area contributed by atoms with Crippen molar-refractivity contribution in [2.24, 2.45) is 0 Å². The maximum atomic E-state index is 14.0. The second kappa shape index (κ2) is 10.1. The molecule has 0 aliphatic carbocycles. The van der Waals surface area contributed by atoms with Crippen molar-refractivity contribution < 1.29 is 24.1 Å². The minimum absolute atomic E-state index is 0.102. The SMILES string of the molecule is COCC(C)(C)c1c(-c2ccc(C(=O)N3CCC(O)(CO)C3)cc2)c2cc3[nH]ncc3cc2n1-c1ccc(F)cc1. The van der Waals surface area contributed by atoms with Gasteiger partial charge in [0.15, 0.2) is 0 Å². The summed E-state index contributed by atoms with van der Waals surface area (Å²) in [7, 11) is 1.68. The zero-order valence-electron chi connectivity index (χ0n) is 23.3. The van der Waals surface area contributed by atoms with E-state index in [9.17, 15) is 19.4 Å². The summed E-state index contributed by atoms with van der Waals surface area (Å²) in [5.41, 5.74) is 4.35. The van der Waals surface area contributed by atoms with Crippen LogP contribution >= 0.6 is 0 Å². The third-order valence-electron chi connectivity index (χ3n) is 8.09. The third kappa shape index (κ3) is 4.69. The van der Waals surface area contributed by atoms with Gasteiger partial charge in [-0.2, -0.15) is 5.10 Å². The van der Waals surface area contributed by atoms with Crippen LogP contribution in [0.4, 0.5) is 4.39 Å². The summed E-state index contributed by atoms with van der Waals surface area (Å²) in [6.45, 7) is 4.79. The zero-order chi connectivity index (χ0) is 28.9. The molecule has 41 heavy (non-hydrogen) atoms. The second-order valence-corrected chi connectivity index (χ2v) is 11.6. The van der Waals surface area contributed by atoms with E-state index in [1.807, 2.05) is 12.1 Å². The Morgan fingerprint density at radius 1 is 1.15 bits per heavy atom. The predicted octanol–water partition coefficient (Wildman–Crippen LogP) is 4.81. The van der Waals surface area contributed by atoms with Gasteiger partial charge < -0.3 is 24.4 Å². The monoisotopic (exact) mass is 556 g/mol. The van der Waals surface area contributed by atoms with Crippen molar-refractivity contribution in [1.29, 1.82) is 0 Å². The number of ether oxygens (including phenoxy) is 1. The van der Waals surface area contributed by atoms with Crippen molar-refractivity contribution in [2.45, 2.75) is 31.3 Å². The van der Waals surface area contributed by atoms with Crippen molar-refractivity contribution in [3.8, 4) is 16.8 Å². The highest BCUT2D eigenvalue weighted by molar-refractivity contribution is 6.06. The molecule has 5 aromatic rings. The van der Waals surface area contributed by atoms with E-state index in [-0.39, 0.29) is 24.9 Å². The number of aromatic amines is 1. The maximum Gasteiger partial charge on any atom is 0.253 e. The minimum atomic E-state index is -1.25. The lowest BCUT2D eigenvalue weighted by Gasteiger charge is -2.28. The number of nitrogens with zero attached hydrogens (tertiary/aromatic N) is 3. The molecule has 0 saturated carbocycles. The average molecular weight is 557 g/mol. The fourth-order valence-corrected chi connectivity index (χ4v) is 6.07. The van der Waals surface area contributed by atoms with Gasteiger partial charge in [-0.15, -0.1) is 0 Å². The molecule has 9 heteroatoms. The van der Waals surface area contributed by atoms with Crippen molar-refractivity contribution in [1.82, 2.24) is 19.7 Å². The van der Waals surface area contributed by atoms with E-state index in [0.29, 0.717) is 25.1 Å². The molecule has 3 N–H and O–H groups in total. The number of hydrogen-bond acceptors (Lipinski definition) is 5. The van der Waals surface area contributed by atoms with E-state index in [0.717, 1.165) is 44.3 Å². The van der Waals surface area contributed by atoms with Gasteiger partial charge in [0.2, 0.25) is 0 Å². The van der Waals surface area contributed by atoms with Gasteiger partial charge in [-0.3, -0.25) is 9.89 Å². The number of hydrogen-bond donors (Lipinski definition) is 3. The highest BCUT2D eigenvalue weighted by Gasteiger charge is 2.38. The quantitative estimate of drug-likeness (QED) is 0.267. The number of rotatable bonds is 7. The summed E-state index contributed by atoms with van der Waals surface area (Å²) in [4.78, 5) is 14.8. The molecule has 3 heterocycles. The van der Waals surface area contributed by atoms with Crippen LogP contribution in [0, 0.1) is 5.82 Å². The number of H-pyrrole nitrogens is 1. The van der Waals surface area contributed by atoms with E-state index in [4.69, 9.17) is 4.74 Å². The number of β-amino-alcohol motifs (C(OH)–C–C–N with tert-alkyl or cyclic N) is 1. The molecule has 1 aliphatic heterocycles. The van der Waals surface area contributed by atoms with E-state index < -0.39 is 11.0 Å². The van der Waals surface area contributed by atoms with Crippen LogP contribution in [0.5, 0.6) is 0 Å². The topological polar surface area (TPSA) is 104 Å². The number of nitrogens with one attached hydrogen (secondary N) is 1. The molecule has 1 fully saturated rings. The number of aliphatic hydroxyl groups excluding tert-OH is 1. The molecule has 0 spiro atoms. The summed E-state index contributed by atoms with van der Waals surface area (Å²) < 4.78 is 21.8. The number of aliphatic hydroxyl groups is 2. The Bertz CT molecular complexity index is 1740. The van der Waals surface area contributed by atoms with Crippen LogP contribution in [0.3, 0.4) is 0 Å². The first-order chi connectivity index (χ1) is 19.6. The Morgan fingerprint density at radius 3 is 2.54 bits per heavy atom. The normalized spacial score (nSPS) is 17.7. The van der Waals surface area contributed by atoms with Crippen LogP contribution in [0.1, 0.15) is 36.3 Å². The molecule has 2 aromatic heterocycles. The van der Waals surface area contributed by atoms with Crippen LogP contribution in [-0.2, 0) is 10.2 Å². The second-order valence-electron chi connectivity index (χ2n) is 11.6. The maximum absolute atomic E-state index is 14.0. The molecular formula is C32H33FN4O4. The summed E-state index contributed by atoms with van der Waals surface area (Å²) in [5.74, 6) is -0.496. The van der Waals surface area contributed by atoms with Gasteiger partial charge in [0.1, 0.15) is 11.4 Å². The van der Waals surface area contributed by atoms with Gasteiger partial charge in [-0.25, -0.2) is 4.39 Å². The Labute approximate surface area is 237 Å². The fourth-order valence-electron chi connectivity index (χ4n) is 6.07. The molecule has 8 nitrogen and oxygen atoms in total. The molecule has 3 aromatic carbocycles. The molecule has 0 radical (unpaired) electrons. The Kier molecular flexibility index (Phi) is 6.68. The van der Waals surface area contributed by atoms with Crippen LogP contribution in [-0.4, -0.2) is 74.8 Å². The molecule has 1 amide bonds. The lowest BCUT2D eigenvalue weighted by molar-refractivity contribution is -0.00455. The number of likely N-dealkylation sites (tertiary alicyclic amines) is 1. The Hall–Kier alpha value is -4.05. The largest absolute Gasteiger partial charge is 0.393 e. The first-order valence-electron chi connectivity index (χ1n) is 13.6. The lowest BCUT2D eigenvalue weighted by atomic mass is 9.84. The molecule has 1 saturated heterocycles. The number of halogens is 1. The predicted molar refractivity (Wildman–Crippen MR) is 156 cm³/mol. The van der Waals surface area contributed by atoms with Crippen LogP contribution < -0.4 is 0 Å². The number of fused-ring (bicyclic) bond motifs is 2. The van der Waals surface area contributed by atoms with Crippen LogP contribution in [0.2, 0.25) is 0 Å². The van der Waals surface area contributed by atoms with Crippen LogP contribution in [0.25, 0.3) is 38.6 Å². The minimum Gasteiger partial charge on any atom is -0.393 e. The van der Waals surface area contributed by atoms with Crippen molar-refractivity contribution in [3.63, 3.8) is 0 Å². The van der Waals surface area contributed by atoms with Gasteiger partial charge in [0.25, 0.3) is 5.91 Å². The lowest BCUT2D eigenvalue weighted by Crippen LogP contribution is -2.38. The number of carbonyl (C=O) groups excluding carboxylic acids is 1. The van der Waals surface area contributed by atoms with Crippen molar-refractivity contribution in [3.05, 3.63) is 83.9 Å². The van der Waals surface area contributed by atoms with Gasteiger partial charge in [0.05, 0.1) is 37.0 Å². The van der Waals surface area contributed by atoms with Crippen LogP contribution in [0.15, 0.2) is 66.9 Å². The summed E-state index contributed by atoms with van der Waals surface area (Å²) in [6, 6.07) is 18.1. The van der Waals surface area contributed by atoms with E-state index in [2.05, 4.69) is 40.7 Å². The molecule has 1 aliphatic rings. The van der Waals surface area contributed by atoms with Gasteiger partial charge in [-0.1, -0.05) is 26.0 Å². The van der Waals surface area contributed by atoms with E-state index in [1.54, 1.807) is 42.5 Å². The molecule has 0 bridgehead atoms. The van der Waals surface area contributed by atoms with Gasteiger partial charge in [-0.05, 0) is 60.5 Å². The Morgan fingerprint density at radius 2 is 1.88 bits per heavy atom. The smallest absolute Gasteiger partial charge is 0.253 e. The Balaban J connectivity index is 1.55. The molecule has 6 rings (SSSR count). The number of benzene rings is 3. The number of methoxy groups -OCH3 is 1. The fraction of sp³-hybridized carbons (Fsp3) is 0.312. The summed E-state index contributed by atoms with van der Waals surface area (Å²) in [6.07, 6.45) is 2.13. The first-order valence-corrected chi connectivity index (χ1v) is 13.6. The molecular weight excluding hydrogens is 523 g/mol. The molecule has 1 atom stereocenters. The molecule has 212 valence electrons. The molecule has 1 unspecified atom stereocenters. The zero-order valence-corrected chi connectivity index (χ0v) is 23.3. The highest BCUT2D eigenvalue weighted by Crippen LogP contribution is 2.44. The standard InChI is InChI=1S/C32H33FN4O4/c1-31(2,19-41-3)29-28(20-4-6-21(7-5-20)30(39)36-13-12-32(40,17-36)18-38)25-15-26-22(16-34-35-26)14-27(25)37(29)24-10-8-23(33)9-11-24/h4-11,14-16,38,40H,12-13,17-19H2,1-3H3,(H,34,35). The average Bonchev–Trinajstić information content (AvgIpc) is 3.68. The van der Waals surface area contributed by atoms with Crippen molar-refractivity contribution >= 4 is 27.7 Å². The van der Waals surface area contributed by atoms with Gasteiger partial charge >= 0.3 is 0 Å². The summed E-state index contributed by atoms with van der Waals surface area (Å²) >= 11 is 0. The highest BCUT2D eigenvalue weighted by atomic mass is 19.1. The summed E-state index contributed by atoms with van der Waals surface area (Å²) in [5, 5.41) is 29.1.